The van der Waals surface area contributed by atoms with E-state index in [9.17, 15) is 9.59 Å². The van der Waals surface area contributed by atoms with Crippen molar-refractivity contribution in [1.29, 1.82) is 0 Å². The Hall–Kier alpha value is -1.58. The molecule has 0 aromatic carbocycles. The molecule has 0 bridgehead atoms. The van der Waals surface area contributed by atoms with Crippen LogP contribution in [0.25, 0.3) is 0 Å². The molecule has 0 aromatic rings. The van der Waals surface area contributed by atoms with Gasteiger partial charge in [-0.25, -0.2) is 0 Å². The Morgan fingerprint density at radius 3 is 1.89 bits per heavy atom. The van der Waals surface area contributed by atoms with E-state index in [-0.39, 0.29) is 23.7 Å². The third kappa shape index (κ3) is 1.85. The maximum absolute atomic E-state index is 12.0. The SMILES string of the molecule is C=CCC(C=C)(C1CCNC1=O)C1CCNC1=O. The quantitative estimate of drug-likeness (QED) is 0.713. The van der Waals surface area contributed by atoms with Crippen LogP contribution in [-0.4, -0.2) is 24.9 Å². The van der Waals surface area contributed by atoms with E-state index in [1.165, 1.54) is 0 Å². The van der Waals surface area contributed by atoms with Crippen LogP contribution in [0.15, 0.2) is 25.3 Å². The zero-order valence-corrected chi connectivity index (χ0v) is 10.6. The average molecular weight is 248 g/mol. The Kier molecular flexibility index (Phi) is 3.55. The molecule has 2 unspecified atom stereocenters. The number of rotatable bonds is 5. The van der Waals surface area contributed by atoms with Gasteiger partial charge in [0.05, 0.1) is 0 Å². The van der Waals surface area contributed by atoms with Gasteiger partial charge in [0.1, 0.15) is 0 Å². The summed E-state index contributed by atoms with van der Waals surface area (Å²) in [4.78, 5) is 24.0. The first-order valence-electron chi connectivity index (χ1n) is 6.45. The first-order valence-corrected chi connectivity index (χ1v) is 6.45. The minimum Gasteiger partial charge on any atom is -0.356 e. The lowest BCUT2D eigenvalue weighted by Gasteiger charge is -2.38. The van der Waals surface area contributed by atoms with Crippen LogP contribution in [0.1, 0.15) is 19.3 Å². The topological polar surface area (TPSA) is 58.2 Å². The summed E-state index contributed by atoms with van der Waals surface area (Å²) in [7, 11) is 0. The number of carbonyl (C=O) groups excluding carboxylic acids is 2. The summed E-state index contributed by atoms with van der Waals surface area (Å²) in [5.74, 6) is -0.253. The van der Waals surface area contributed by atoms with Gasteiger partial charge in [0.25, 0.3) is 0 Å². The highest BCUT2D eigenvalue weighted by Crippen LogP contribution is 2.47. The highest BCUT2D eigenvalue weighted by Gasteiger charge is 2.51. The van der Waals surface area contributed by atoms with Crippen molar-refractivity contribution in [2.24, 2.45) is 17.3 Å². The van der Waals surface area contributed by atoms with Crippen molar-refractivity contribution in [3.8, 4) is 0 Å². The zero-order valence-electron chi connectivity index (χ0n) is 10.6. The molecular formula is C14H20N2O2. The number of hydrogen-bond acceptors (Lipinski definition) is 2. The van der Waals surface area contributed by atoms with Crippen LogP contribution in [0.5, 0.6) is 0 Å². The van der Waals surface area contributed by atoms with Gasteiger partial charge in [0.15, 0.2) is 0 Å². The second-order valence-electron chi connectivity index (χ2n) is 5.07. The standard InChI is InChI=1S/C14H20N2O2/c1-3-7-14(4-2,10-5-8-15-12(10)17)11-6-9-16-13(11)18/h3-4,10-11H,1-2,5-9H2,(H,15,17)(H,16,18). The van der Waals surface area contributed by atoms with E-state index in [0.29, 0.717) is 19.5 Å². The predicted molar refractivity (Wildman–Crippen MR) is 69.7 cm³/mol. The van der Waals surface area contributed by atoms with Crippen LogP contribution in [-0.2, 0) is 9.59 Å². The van der Waals surface area contributed by atoms with E-state index in [1.807, 2.05) is 0 Å². The van der Waals surface area contributed by atoms with Crippen LogP contribution in [0.2, 0.25) is 0 Å². The van der Waals surface area contributed by atoms with Gasteiger partial charge in [-0.05, 0) is 19.3 Å². The lowest BCUT2D eigenvalue weighted by molar-refractivity contribution is -0.131. The number of allylic oxidation sites excluding steroid dienone is 2. The van der Waals surface area contributed by atoms with E-state index in [4.69, 9.17) is 0 Å². The molecule has 2 rings (SSSR count). The largest absolute Gasteiger partial charge is 0.356 e. The van der Waals surface area contributed by atoms with E-state index in [2.05, 4.69) is 23.8 Å². The molecule has 2 fully saturated rings. The molecule has 0 aromatic heterocycles. The fourth-order valence-electron chi connectivity index (χ4n) is 3.36. The van der Waals surface area contributed by atoms with Gasteiger partial charge in [-0.1, -0.05) is 12.2 Å². The zero-order chi connectivity index (χ0) is 13.2. The molecule has 18 heavy (non-hydrogen) atoms. The minimum absolute atomic E-state index is 0.0384. The third-order valence-corrected chi connectivity index (χ3v) is 4.27. The second kappa shape index (κ2) is 4.96. The maximum atomic E-state index is 12.0. The van der Waals surface area contributed by atoms with Gasteiger partial charge in [-0.3, -0.25) is 9.59 Å². The molecule has 0 saturated carbocycles. The van der Waals surface area contributed by atoms with Crippen molar-refractivity contribution >= 4 is 11.8 Å². The van der Waals surface area contributed by atoms with Crippen LogP contribution < -0.4 is 10.6 Å². The molecule has 0 spiro atoms. The molecule has 2 aliphatic rings. The lowest BCUT2D eigenvalue weighted by Crippen LogP contribution is -2.43. The molecular weight excluding hydrogens is 228 g/mol. The molecule has 2 aliphatic heterocycles. The predicted octanol–water partition coefficient (Wildman–Crippen LogP) is 1.01. The highest BCUT2D eigenvalue weighted by atomic mass is 16.2. The number of nitrogens with one attached hydrogen (secondary N) is 2. The molecule has 4 nitrogen and oxygen atoms in total. The van der Waals surface area contributed by atoms with Gasteiger partial charge in [0, 0.05) is 30.3 Å². The molecule has 0 radical (unpaired) electrons. The smallest absolute Gasteiger partial charge is 0.224 e. The van der Waals surface area contributed by atoms with Gasteiger partial charge in [0.2, 0.25) is 11.8 Å². The Labute approximate surface area is 108 Å². The van der Waals surface area contributed by atoms with Crippen LogP contribution in [0.4, 0.5) is 0 Å². The van der Waals surface area contributed by atoms with E-state index < -0.39 is 5.41 Å². The van der Waals surface area contributed by atoms with E-state index in [0.717, 1.165) is 12.8 Å². The summed E-state index contributed by atoms with van der Waals surface area (Å²) in [6.45, 7) is 9.05. The number of carbonyl (C=O) groups is 2. The number of hydrogen-bond donors (Lipinski definition) is 2. The van der Waals surface area contributed by atoms with Crippen molar-refractivity contribution < 1.29 is 9.59 Å². The summed E-state index contributed by atoms with van der Waals surface area (Å²) in [5, 5.41) is 5.71. The average Bonchev–Trinajstić information content (AvgIpc) is 2.96. The Morgan fingerprint density at radius 1 is 1.11 bits per heavy atom. The molecule has 2 heterocycles. The molecule has 2 saturated heterocycles. The summed E-state index contributed by atoms with van der Waals surface area (Å²) in [6.07, 6.45) is 5.75. The molecule has 98 valence electrons. The molecule has 2 atom stereocenters. The van der Waals surface area contributed by atoms with E-state index >= 15 is 0 Å². The van der Waals surface area contributed by atoms with Gasteiger partial charge in [-0.2, -0.15) is 0 Å². The fourth-order valence-corrected chi connectivity index (χ4v) is 3.36. The molecule has 2 N–H and O–H groups in total. The number of amides is 2. The Bertz CT molecular complexity index is 363. The van der Waals surface area contributed by atoms with Crippen molar-refractivity contribution in [1.82, 2.24) is 10.6 Å². The Balaban J connectivity index is 2.37. The summed E-state index contributed by atoms with van der Waals surface area (Å²) < 4.78 is 0. The van der Waals surface area contributed by atoms with Crippen molar-refractivity contribution in [2.75, 3.05) is 13.1 Å². The molecule has 4 heteroatoms. The summed E-state index contributed by atoms with van der Waals surface area (Å²) in [5.41, 5.74) is -0.483. The maximum Gasteiger partial charge on any atom is 0.224 e. The normalized spacial score (nSPS) is 30.4. The van der Waals surface area contributed by atoms with Crippen LogP contribution in [0.3, 0.4) is 0 Å². The Morgan fingerprint density at radius 2 is 1.61 bits per heavy atom. The van der Waals surface area contributed by atoms with Crippen molar-refractivity contribution in [2.45, 2.75) is 19.3 Å². The van der Waals surface area contributed by atoms with Gasteiger partial charge < -0.3 is 10.6 Å². The minimum atomic E-state index is -0.483. The first kappa shape index (κ1) is 12.9. The fraction of sp³-hybridized carbons (Fsp3) is 0.571. The highest BCUT2D eigenvalue weighted by molar-refractivity contribution is 5.86. The molecule has 2 amide bonds. The lowest BCUT2D eigenvalue weighted by atomic mass is 9.63. The van der Waals surface area contributed by atoms with Crippen LogP contribution >= 0.6 is 0 Å². The molecule has 0 aliphatic carbocycles. The summed E-state index contributed by atoms with van der Waals surface area (Å²) >= 11 is 0. The summed E-state index contributed by atoms with van der Waals surface area (Å²) in [6, 6.07) is 0. The van der Waals surface area contributed by atoms with Crippen molar-refractivity contribution in [3.05, 3.63) is 25.3 Å². The second-order valence-corrected chi connectivity index (χ2v) is 5.07. The van der Waals surface area contributed by atoms with Crippen LogP contribution in [0, 0.1) is 17.3 Å². The van der Waals surface area contributed by atoms with E-state index in [1.54, 1.807) is 12.2 Å². The third-order valence-electron chi connectivity index (χ3n) is 4.27. The van der Waals surface area contributed by atoms with Gasteiger partial charge >= 0.3 is 0 Å². The monoisotopic (exact) mass is 248 g/mol. The van der Waals surface area contributed by atoms with Crippen molar-refractivity contribution in [3.63, 3.8) is 0 Å². The first-order chi connectivity index (χ1) is 8.65. The van der Waals surface area contributed by atoms with Gasteiger partial charge in [-0.15, -0.1) is 13.2 Å².